The normalized spacial score (nSPS) is 10.9. The molecule has 4 heteroatoms. The van der Waals surface area contributed by atoms with Gasteiger partial charge in [0.1, 0.15) is 6.79 Å². The molecule has 0 fully saturated rings. The third kappa shape index (κ3) is 7.74. The van der Waals surface area contributed by atoms with Crippen LogP contribution in [0.5, 0.6) is 0 Å². The summed E-state index contributed by atoms with van der Waals surface area (Å²) in [5.41, 5.74) is 0. The number of aliphatic hydroxyl groups is 1. The molecule has 0 saturated heterocycles. The van der Waals surface area contributed by atoms with Gasteiger partial charge in [-0.2, -0.15) is 0 Å². The van der Waals surface area contributed by atoms with E-state index in [4.69, 9.17) is 14.6 Å². The minimum atomic E-state index is -0.196. The quantitative estimate of drug-likeness (QED) is 0.407. The van der Waals surface area contributed by atoms with Gasteiger partial charge in [-0.1, -0.05) is 0 Å². The van der Waals surface area contributed by atoms with E-state index in [1.807, 2.05) is 7.05 Å². The molecule has 68 valence electrons. The molecule has 0 atom stereocenters. The van der Waals surface area contributed by atoms with Crippen LogP contribution in [0.1, 0.15) is 0 Å². The molecule has 0 saturated carbocycles. The van der Waals surface area contributed by atoms with Crippen molar-refractivity contribution in [3.05, 3.63) is 0 Å². The van der Waals surface area contributed by atoms with Crippen molar-refractivity contribution in [3.8, 4) is 0 Å². The maximum Gasteiger partial charge on any atom is 0.143 e. The standard InChI is InChI=1S/C7H17NO3/c1-8(3-5-10-2)4-6-11-7-9/h9H,3-7H2,1-2H3. The van der Waals surface area contributed by atoms with Gasteiger partial charge in [0, 0.05) is 20.2 Å². The van der Waals surface area contributed by atoms with E-state index in [2.05, 4.69) is 4.90 Å². The minimum absolute atomic E-state index is 0.196. The summed E-state index contributed by atoms with van der Waals surface area (Å²) in [7, 11) is 3.66. The number of aliphatic hydroxyl groups excluding tert-OH is 1. The summed E-state index contributed by atoms with van der Waals surface area (Å²) < 4.78 is 9.64. The van der Waals surface area contributed by atoms with Crippen LogP contribution in [0.15, 0.2) is 0 Å². The van der Waals surface area contributed by atoms with Crippen LogP contribution >= 0.6 is 0 Å². The molecular weight excluding hydrogens is 146 g/mol. The van der Waals surface area contributed by atoms with E-state index in [0.717, 1.165) is 19.7 Å². The Morgan fingerprint density at radius 2 is 1.91 bits per heavy atom. The van der Waals surface area contributed by atoms with Crippen LogP contribution < -0.4 is 0 Å². The lowest BCUT2D eigenvalue weighted by molar-refractivity contribution is -0.00913. The number of rotatable bonds is 7. The topological polar surface area (TPSA) is 41.9 Å². The largest absolute Gasteiger partial charge is 0.383 e. The molecule has 0 unspecified atom stereocenters. The van der Waals surface area contributed by atoms with E-state index >= 15 is 0 Å². The number of likely N-dealkylation sites (N-methyl/N-ethyl adjacent to an activating group) is 1. The predicted octanol–water partition coefficient (Wildman–Crippen LogP) is -0.469. The summed E-state index contributed by atoms with van der Waals surface area (Å²) in [5.74, 6) is 0. The Morgan fingerprint density at radius 3 is 2.45 bits per heavy atom. The maximum atomic E-state index is 8.29. The summed E-state index contributed by atoms with van der Waals surface area (Å²) >= 11 is 0. The van der Waals surface area contributed by atoms with Gasteiger partial charge in [0.15, 0.2) is 0 Å². The lowest BCUT2D eigenvalue weighted by atomic mass is 10.5. The minimum Gasteiger partial charge on any atom is -0.383 e. The first kappa shape index (κ1) is 10.8. The van der Waals surface area contributed by atoms with Gasteiger partial charge < -0.3 is 19.5 Å². The highest BCUT2D eigenvalue weighted by Gasteiger charge is 1.95. The Balaban J connectivity index is 3.02. The van der Waals surface area contributed by atoms with Crippen LogP contribution in [0, 0.1) is 0 Å². The Morgan fingerprint density at radius 1 is 1.27 bits per heavy atom. The van der Waals surface area contributed by atoms with Crippen LogP contribution in [-0.4, -0.2) is 57.3 Å². The van der Waals surface area contributed by atoms with Crippen LogP contribution in [0.2, 0.25) is 0 Å². The fraction of sp³-hybridized carbons (Fsp3) is 1.00. The summed E-state index contributed by atoms with van der Waals surface area (Å²) in [4.78, 5) is 2.08. The highest BCUT2D eigenvalue weighted by atomic mass is 16.6. The van der Waals surface area contributed by atoms with Crippen LogP contribution in [0.25, 0.3) is 0 Å². The molecule has 0 aromatic carbocycles. The number of ether oxygens (including phenoxy) is 2. The molecule has 0 radical (unpaired) electrons. The molecule has 0 bridgehead atoms. The molecule has 0 aliphatic heterocycles. The molecular formula is C7H17NO3. The lowest BCUT2D eigenvalue weighted by Gasteiger charge is -2.14. The van der Waals surface area contributed by atoms with Crippen molar-refractivity contribution in [2.24, 2.45) is 0 Å². The molecule has 11 heavy (non-hydrogen) atoms. The summed E-state index contributed by atoms with van der Waals surface area (Å²) in [5, 5.41) is 8.29. The van der Waals surface area contributed by atoms with Gasteiger partial charge in [0.25, 0.3) is 0 Å². The van der Waals surface area contributed by atoms with Gasteiger partial charge in [-0.15, -0.1) is 0 Å². The van der Waals surface area contributed by atoms with Crippen molar-refractivity contribution in [2.45, 2.75) is 0 Å². The van der Waals surface area contributed by atoms with Crippen molar-refractivity contribution in [3.63, 3.8) is 0 Å². The molecule has 0 aromatic rings. The second-order valence-electron chi connectivity index (χ2n) is 2.33. The molecule has 4 nitrogen and oxygen atoms in total. The Hall–Kier alpha value is -0.160. The molecule has 0 amide bonds. The Bertz CT molecular complexity index is 80.1. The fourth-order valence-electron chi connectivity index (χ4n) is 0.644. The fourth-order valence-corrected chi connectivity index (χ4v) is 0.644. The number of hydrogen-bond donors (Lipinski definition) is 1. The zero-order valence-electron chi connectivity index (χ0n) is 7.25. The second kappa shape index (κ2) is 7.94. The molecule has 0 spiro atoms. The van der Waals surface area contributed by atoms with Crippen molar-refractivity contribution in [2.75, 3.05) is 47.3 Å². The van der Waals surface area contributed by atoms with Gasteiger partial charge in [-0.25, -0.2) is 0 Å². The van der Waals surface area contributed by atoms with E-state index in [0.29, 0.717) is 6.61 Å². The SMILES string of the molecule is COCCN(C)CCOCO. The first-order valence-corrected chi connectivity index (χ1v) is 3.67. The predicted molar refractivity (Wildman–Crippen MR) is 42.4 cm³/mol. The third-order valence-corrected chi connectivity index (χ3v) is 1.39. The van der Waals surface area contributed by atoms with Crippen molar-refractivity contribution in [1.29, 1.82) is 0 Å². The van der Waals surface area contributed by atoms with Gasteiger partial charge >= 0.3 is 0 Å². The average Bonchev–Trinajstić information content (AvgIpc) is 2.01. The molecule has 0 heterocycles. The third-order valence-electron chi connectivity index (χ3n) is 1.39. The monoisotopic (exact) mass is 163 g/mol. The van der Waals surface area contributed by atoms with E-state index in [9.17, 15) is 0 Å². The van der Waals surface area contributed by atoms with Crippen LogP contribution in [0.4, 0.5) is 0 Å². The smallest absolute Gasteiger partial charge is 0.143 e. The first-order chi connectivity index (χ1) is 5.31. The molecule has 1 N–H and O–H groups in total. The number of methoxy groups -OCH3 is 1. The van der Waals surface area contributed by atoms with E-state index in [-0.39, 0.29) is 6.79 Å². The van der Waals surface area contributed by atoms with Crippen molar-refractivity contribution < 1.29 is 14.6 Å². The van der Waals surface area contributed by atoms with Gasteiger partial charge in [-0.3, -0.25) is 0 Å². The summed E-state index contributed by atoms with van der Waals surface area (Å²) in [6, 6.07) is 0. The molecule has 0 aromatic heterocycles. The number of nitrogens with zero attached hydrogens (tertiary/aromatic N) is 1. The zero-order valence-corrected chi connectivity index (χ0v) is 7.25. The van der Waals surface area contributed by atoms with Crippen molar-refractivity contribution in [1.82, 2.24) is 4.90 Å². The van der Waals surface area contributed by atoms with Crippen LogP contribution in [0.3, 0.4) is 0 Å². The van der Waals surface area contributed by atoms with E-state index in [1.54, 1.807) is 7.11 Å². The lowest BCUT2D eigenvalue weighted by Crippen LogP contribution is -2.26. The van der Waals surface area contributed by atoms with Gasteiger partial charge in [-0.05, 0) is 7.05 Å². The average molecular weight is 163 g/mol. The second-order valence-corrected chi connectivity index (χ2v) is 2.33. The Kier molecular flexibility index (Phi) is 7.83. The first-order valence-electron chi connectivity index (χ1n) is 3.67. The van der Waals surface area contributed by atoms with E-state index < -0.39 is 0 Å². The van der Waals surface area contributed by atoms with Crippen LogP contribution in [-0.2, 0) is 9.47 Å². The Labute approximate surface area is 67.7 Å². The maximum absolute atomic E-state index is 8.29. The van der Waals surface area contributed by atoms with E-state index in [1.165, 1.54) is 0 Å². The van der Waals surface area contributed by atoms with Crippen molar-refractivity contribution >= 4 is 0 Å². The number of hydrogen-bond acceptors (Lipinski definition) is 4. The van der Waals surface area contributed by atoms with Gasteiger partial charge in [0.05, 0.1) is 13.2 Å². The van der Waals surface area contributed by atoms with Gasteiger partial charge in [0.2, 0.25) is 0 Å². The summed E-state index contributed by atoms with van der Waals surface area (Å²) in [6.07, 6.45) is 0. The molecule has 0 aliphatic carbocycles. The molecule has 0 rings (SSSR count). The highest BCUT2D eigenvalue weighted by molar-refractivity contribution is 4.47. The highest BCUT2D eigenvalue weighted by Crippen LogP contribution is 1.82. The zero-order chi connectivity index (χ0) is 8.53. The summed E-state index contributed by atoms with van der Waals surface area (Å²) in [6.45, 7) is 2.82. The molecule has 0 aliphatic rings.